The van der Waals surface area contributed by atoms with Gasteiger partial charge in [0.1, 0.15) is 26.4 Å². The smallest absolute Gasteiger partial charge is 0.246 e. The Kier molecular flexibility index (Phi) is 6.78. The summed E-state index contributed by atoms with van der Waals surface area (Å²) >= 11 is 1.62. The van der Waals surface area contributed by atoms with Crippen LogP contribution in [0.4, 0.5) is 0 Å². The van der Waals surface area contributed by atoms with E-state index in [1.165, 1.54) is 7.11 Å². The summed E-state index contributed by atoms with van der Waals surface area (Å²) in [6, 6.07) is 13.2. The summed E-state index contributed by atoms with van der Waals surface area (Å²) in [6.07, 6.45) is 2.18. The normalized spacial score (nSPS) is 15.6. The van der Waals surface area contributed by atoms with Crippen LogP contribution in [0.5, 0.6) is 11.5 Å². The Labute approximate surface area is 193 Å². The maximum absolute atomic E-state index is 13.2. The third kappa shape index (κ3) is 4.79. The number of aromatic nitrogens is 2. The predicted octanol–water partition coefficient (Wildman–Crippen LogP) is 4.02. The van der Waals surface area contributed by atoms with Gasteiger partial charge in [0, 0.05) is 25.4 Å². The van der Waals surface area contributed by atoms with Crippen molar-refractivity contribution in [3.8, 4) is 11.5 Å². The second kappa shape index (κ2) is 9.56. The molecule has 0 unspecified atom stereocenters. The van der Waals surface area contributed by atoms with Crippen molar-refractivity contribution in [2.24, 2.45) is 0 Å². The number of nitrogens with zero attached hydrogens (tertiary/aromatic N) is 3. The molecule has 9 heteroatoms. The average Bonchev–Trinajstić information content (AvgIpc) is 3.28. The summed E-state index contributed by atoms with van der Waals surface area (Å²) < 4.78 is 38.5. The molecule has 0 amide bonds. The lowest BCUT2D eigenvalue weighted by Gasteiger charge is -2.30. The van der Waals surface area contributed by atoms with Crippen LogP contribution in [0, 0.1) is 6.92 Å². The molecule has 1 fully saturated rings. The van der Waals surface area contributed by atoms with Gasteiger partial charge in [0.15, 0.2) is 0 Å². The van der Waals surface area contributed by atoms with Crippen molar-refractivity contribution >= 4 is 21.4 Å². The van der Waals surface area contributed by atoms with Gasteiger partial charge >= 0.3 is 0 Å². The second-order valence-electron chi connectivity index (χ2n) is 7.89. The van der Waals surface area contributed by atoms with E-state index in [1.807, 2.05) is 37.3 Å². The first kappa shape index (κ1) is 22.7. The van der Waals surface area contributed by atoms with Gasteiger partial charge in [0.25, 0.3) is 0 Å². The molecule has 32 heavy (non-hydrogen) atoms. The van der Waals surface area contributed by atoms with Gasteiger partial charge in [0.05, 0.1) is 14.2 Å². The number of hydrogen-bond donors (Lipinski definition) is 0. The summed E-state index contributed by atoms with van der Waals surface area (Å²) in [5.41, 5.74) is 2.04. The van der Waals surface area contributed by atoms with Crippen molar-refractivity contribution in [2.45, 2.75) is 37.0 Å². The van der Waals surface area contributed by atoms with E-state index < -0.39 is 10.0 Å². The van der Waals surface area contributed by atoms with Crippen LogP contribution in [0.3, 0.4) is 0 Å². The highest BCUT2D eigenvalue weighted by atomic mass is 32.2. The lowest BCUT2D eigenvalue weighted by molar-refractivity contribution is 0.316. The Morgan fingerprint density at radius 1 is 1.03 bits per heavy atom. The van der Waals surface area contributed by atoms with Crippen molar-refractivity contribution in [3.05, 3.63) is 63.6 Å². The number of aryl methyl sites for hydroxylation is 1. The van der Waals surface area contributed by atoms with E-state index in [1.54, 1.807) is 34.9 Å². The molecule has 1 aliphatic rings. The van der Waals surface area contributed by atoms with E-state index in [0.29, 0.717) is 18.8 Å². The van der Waals surface area contributed by atoms with E-state index in [9.17, 15) is 8.42 Å². The number of sulfonamides is 1. The highest BCUT2D eigenvalue weighted by molar-refractivity contribution is 7.89. The monoisotopic (exact) mass is 473 g/mol. The van der Waals surface area contributed by atoms with Crippen LogP contribution in [0.25, 0.3) is 0 Å². The van der Waals surface area contributed by atoms with Crippen molar-refractivity contribution in [3.63, 3.8) is 0 Å². The molecule has 2 heterocycles. The molecule has 0 radical (unpaired) electrons. The predicted molar refractivity (Wildman–Crippen MR) is 124 cm³/mol. The lowest BCUT2D eigenvalue weighted by atomic mass is 9.99. The topological polar surface area (TPSA) is 81.6 Å². The molecule has 0 atom stereocenters. The maximum atomic E-state index is 13.2. The van der Waals surface area contributed by atoms with Crippen LogP contribution in [-0.4, -0.2) is 50.2 Å². The van der Waals surface area contributed by atoms with Crippen molar-refractivity contribution in [1.82, 2.24) is 14.5 Å². The van der Waals surface area contributed by atoms with Gasteiger partial charge in [-0.25, -0.2) is 8.42 Å². The fourth-order valence-electron chi connectivity index (χ4n) is 3.89. The second-order valence-corrected chi connectivity index (χ2v) is 10.9. The van der Waals surface area contributed by atoms with Crippen LogP contribution < -0.4 is 9.47 Å². The van der Waals surface area contributed by atoms with Gasteiger partial charge in [-0.05, 0) is 55.2 Å². The molecule has 1 saturated heterocycles. The highest BCUT2D eigenvalue weighted by Crippen LogP contribution is 2.35. The van der Waals surface area contributed by atoms with Crippen LogP contribution >= 0.6 is 11.3 Å². The molecule has 0 spiro atoms. The largest absolute Gasteiger partial charge is 0.497 e. The summed E-state index contributed by atoms with van der Waals surface area (Å²) in [7, 11) is -0.461. The molecule has 3 aromatic rings. The Balaban J connectivity index is 1.41. The van der Waals surface area contributed by atoms with Gasteiger partial charge in [-0.15, -0.1) is 21.5 Å². The summed E-state index contributed by atoms with van der Waals surface area (Å²) in [5, 5.41) is 10.7. The number of rotatable bonds is 7. The Hall–Kier alpha value is -2.49. The number of benzene rings is 2. The van der Waals surface area contributed by atoms with Crippen LogP contribution in [0.2, 0.25) is 0 Å². The number of methoxy groups -OCH3 is 2. The first-order chi connectivity index (χ1) is 15.4. The first-order valence-corrected chi connectivity index (χ1v) is 12.8. The zero-order chi connectivity index (χ0) is 22.7. The van der Waals surface area contributed by atoms with Crippen molar-refractivity contribution in [2.75, 3.05) is 27.3 Å². The molecular formula is C23H27N3O4S2. The van der Waals surface area contributed by atoms with Crippen molar-refractivity contribution in [1.29, 1.82) is 0 Å². The van der Waals surface area contributed by atoms with Crippen LogP contribution in [0.1, 0.15) is 39.9 Å². The molecule has 170 valence electrons. The zero-order valence-electron chi connectivity index (χ0n) is 18.4. The Morgan fingerprint density at radius 2 is 1.75 bits per heavy atom. The van der Waals surface area contributed by atoms with Gasteiger partial charge < -0.3 is 9.47 Å². The third-order valence-electron chi connectivity index (χ3n) is 5.74. The van der Waals surface area contributed by atoms with E-state index >= 15 is 0 Å². The van der Waals surface area contributed by atoms with Gasteiger partial charge in [-0.3, -0.25) is 0 Å². The fourth-order valence-corrected chi connectivity index (χ4v) is 6.64. The quantitative estimate of drug-likeness (QED) is 0.515. The SMILES string of the molecule is COc1ccc(Cc2nnc(C3CCN(S(=O)(=O)c4cc(C)ccc4OC)CC3)s2)cc1. The van der Waals surface area contributed by atoms with E-state index in [2.05, 4.69) is 10.2 Å². The minimum Gasteiger partial charge on any atom is -0.497 e. The fraction of sp³-hybridized carbons (Fsp3) is 0.391. The Bertz CT molecular complexity index is 1170. The summed E-state index contributed by atoms with van der Waals surface area (Å²) in [5.74, 6) is 1.43. The molecule has 0 saturated carbocycles. The van der Waals surface area contributed by atoms with Crippen LogP contribution in [0.15, 0.2) is 47.4 Å². The van der Waals surface area contributed by atoms with Crippen molar-refractivity contribution < 1.29 is 17.9 Å². The van der Waals surface area contributed by atoms with E-state index in [-0.39, 0.29) is 10.8 Å². The Morgan fingerprint density at radius 3 is 2.41 bits per heavy atom. The summed E-state index contributed by atoms with van der Waals surface area (Å²) in [4.78, 5) is 0.233. The average molecular weight is 474 g/mol. The summed E-state index contributed by atoms with van der Waals surface area (Å²) in [6.45, 7) is 2.79. The molecule has 1 aromatic heterocycles. The zero-order valence-corrected chi connectivity index (χ0v) is 20.1. The number of hydrogen-bond acceptors (Lipinski definition) is 7. The molecule has 0 N–H and O–H groups in total. The minimum atomic E-state index is -3.61. The number of piperidine rings is 1. The molecule has 1 aliphatic heterocycles. The van der Waals surface area contributed by atoms with Gasteiger partial charge in [-0.1, -0.05) is 18.2 Å². The third-order valence-corrected chi connectivity index (χ3v) is 8.74. The van der Waals surface area contributed by atoms with E-state index in [0.717, 1.165) is 46.2 Å². The number of ether oxygens (including phenoxy) is 2. The molecule has 2 aromatic carbocycles. The van der Waals surface area contributed by atoms with E-state index in [4.69, 9.17) is 9.47 Å². The molecule has 4 rings (SSSR count). The standard InChI is InChI=1S/C23H27N3O4S2/c1-16-4-9-20(30-3)21(14-16)32(27,28)26-12-10-18(11-13-26)23-25-24-22(31-23)15-17-5-7-19(29-2)8-6-17/h4-9,14,18H,10-13,15H2,1-3H3. The first-order valence-electron chi connectivity index (χ1n) is 10.5. The molecule has 0 bridgehead atoms. The minimum absolute atomic E-state index is 0.225. The van der Waals surface area contributed by atoms with Gasteiger partial charge in [0.2, 0.25) is 10.0 Å². The maximum Gasteiger partial charge on any atom is 0.246 e. The molecular weight excluding hydrogens is 446 g/mol. The lowest BCUT2D eigenvalue weighted by Crippen LogP contribution is -2.38. The molecule has 0 aliphatic carbocycles. The molecule has 7 nitrogen and oxygen atoms in total. The van der Waals surface area contributed by atoms with Gasteiger partial charge in [-0.2, -0.15) is 4.31 Å². The van der Waals surface area contributed by atoms with Crippen LogP contribution in [-0.2, 0) is 16.4 Å². The highest BCUT2D eigenvalue weighted by Gasteiger charge is 2.33.